The van der Waals surface area contributed by atoms with Crippen molar-refractivity contribution < 1.29 is 24.2 Å². The number of aromatic nitrogens is 2. The van der Waals surface area contributed by atoms with Crippen LogP contribution < -0.4 is 14.4 Å². The topological polar surface area (TPSA) is 102 Å². The summed E-state index contributed by atoms with van der Waals surface area (Å²) in [6.07, 6.45) is 2.55. The molecule has 1 N–H and O–H groups in total. The van der Waals surface area contributed by atoms with Crippen molar-refractivity contribution in [3.05, 3.63) is 98.5 Å². The van der Waals surface area contributed by atoms with Gasteiger partial charge in [-0.1, -0.05) is 77.8 Å². The molecule has 45 heavy (non-hydrogen) atoms. The molecule has 0 radical (unpaired) electrons. The molecule has 2 aliphatic heterocycles. The van der Waals surface area contributed by atoms with Crippen LogP contribution in [0.2, 0.25) is 10.0 Å². The van der Waals surface area contributed by atoms with Crippen LogP contribution in [0.5, 0.6) is 11.5 Å². The number of rotatable bonds is 10. The van der Waals surface area contributed by atoms with E-state index in [9.17, 15) is 14.7 Å². The van der Waals surface area contributed by atoms with E-state index in [4.69, 9.17) is 32.7 Å². The Bertz CT molecular complexity index is 1810. The quantitative estimate of drug-likeness (QED) is 0.0446. The third-order valence-electron chi connectivity index (χ3n) is 7.52. The number of ether oxygens (including phenoxy) is 2. The highest BCUT2D eigenvalue weighted by atomic mass is 35.5. The predicted molar refractivity (Wildman–Crippen MR) is 178 cm³/mol. The molecule has 8 nitrogen and oxygen atoms in total. The van der Waals surface area contributed by atoms with Gasteiger partial charge in [-0.25, -0.2) is 0 Å². The lowest BCUT2D eigenvalue weighted by Crippen LogP contribution is -2.29. The standard InChI is InChI=1S/C33H29Cl2N3O5S2/c1-3-4-12-42-24-7-5-6-19(15-24)28-27(29(39)20-9-11-26-22(14-20)13-18(2)43-26)30(40)31(41)38(28)32-36-37-33(45-32)44-17-21-8-10-23(34)16-25(21)35/h5-11,14-16,18,28,39H,3-4,12-13,17H2,1-2H3/t18-,28-/m0/s1. The normalized spacial score (nSPS) is 18.7. The summed E-state index contributed by atoms with van der Waals surface area (Å²) in [5, 5.41) is 21.6. The summed E-state index contributed by atoms with van der Waals surface area (Å²) in [6, 6.07) is 16.9. The minimum absolute atomic E-state index is 0.0126. The Labute approximate surface area is 279 Å². The Morgan fingerprint density at radius 1 is 1.13 bits per heavy atom. The molecule has 3 aromatic carbocycles. The number of halogens is 2. The van der Waals surface area contributed by atoms with E-state index in [0.717, 1.165) is 29.7 Å². The molecule has 1 aromatic heterocycles. The summed E-state index contributed by atoms with van der Waals surface area (Å²) in [4.78, 5) is 28.7. The SMILES string of the molecule is CCCCOc1cccc([C@H]2C(=C(O)c3ccc4c(c3)C[C@H](C)O4)C(=O)C(=O)N2c2nnc(SCc3ccc(Cl)cc3Cl)s2)c1. The number of anilines is 1. The van der Waals surface area contributed by atoms with Gasteiger partial charge in [0.15, 0.2) is 4.34 Å². The van der Waals surface area contributed by atoms with Crippen LogP contribution in [-0.2, 0) is 21.8 Å². The molecule has 0 saturated carbocycles. The van der Waals surface area contributed by atoms with E-state index in [0.29, 0.717) is 50.0 Å². The number of carbonyl (C=O) groups excluding carboxylic acids is 2. The number of unbranched alkanes of at least 4 members (excludes halogenated alkanes) is 1. The van der Waals surface area contributed by atoms with Crippen molar-refractivity contribution in [1.29, 1.82) is 0 Å². The lowest BCUT2D eigenvalue weighted by atomic mass is 9.94. The molecule has 2 atom stereocenters. The molecule has 2 aliphatic rings. The van der Waals surface area contributed by atoms with Crippen LogP contribution in [0, 0.1) is 0 Å². The number of carbonyl (C=O) groups is 2. The zero-order valence-corrected chi connectivity index (χ0v) is 27.6. The van der Waals surface area contributed by atoms with Gasteiger partial charge >= 0.3 is 5.91 Å². The van der Waals surface area contributed by atoms with E-state index in [1.807, 2.05) is 31.2 Å². The van der Waals surface area contributed by atoms with E-state index in [2.05, 4.69) is 17.1 Å². The molecular formula is C33H29Cl2N3O5S2. The lowest BCUT2D eigenvalue weighted by molar-refractivity contribution is -0.132. The number of aliphatic hydroxyl groups is 1. The Balaban J connectivity index is 1.38. The first-order valence-corrected chi connectivity index (χ1v) is 17.0. The monoisotopic (exact) mass is 681 g/mol. The fraction of sp³-hybridized carbons (Fsp3) is 0.273. The predicted octanol–water partition coefficient (Wildman–Crippen LogP) is 8.27. The molecule has 12 heteroatoms. The van der Waals surface area contributed by atoms with Crippen LogP contribution in [0.1, 0.15) is 55.0 Å². The van der Waals surface area contributed by atoms with Gasteiger partial charge in [-0.05, 0) is 72.5 Å². The second-order valence-electron chi connectivity index (χ2n) is 10.8. The summed E-state index contributed by atoms with van der Waals surface area (Å²) >= 11 is 15.0. The molecule has 0 unspecified atom stereocenters. The first-order valence-electron chi connectivity index (χ1n) is 14.5. The molecule has 0 bridgehead atoms. The van der Waals surface area contributed by atoms with Crippen molar-refractivity contribution in [3.63, 3.8) is 0 Å². The number of nitrogens with zero attached hydrogens (tertiary/aromatic N) is 3. The average Bonchev–Trinajstić information content (AvgIpc) is 3.71. The maximum atomic E-state index is 13.7. The van der Waals surface area contributed by atoms with Crippen LogP contribution in [0.15, 0.2) is 70.6 Å². The molecule has 0 spiro atoms. The minimum Gasteiger partial charge on any atom is -0.507 e. The number of hydrogen-bond acceptors (Lipinski definition) is 9. The van der Waals surface area contributed by atoms with Gasteiger partial charge in [0.25, 0.3) is 5.78 Å². The Morgan fingerprint density at radius 3 is 2.78 bits per heavy atom. The van der Waals surface area contributed by atoms with E-state index in [-0.39, 0.29) is 22.6 Å². The van der Waals surface area contributed by atoms with Gasteiger partial charge in [0.2, 0.25) is 5.13 Å². The van der Waals surface area contributed by atoms with Gasteiger partial charge in [0.05, 0.1) is 18.2 Å². The summed E-state index contributed by atoms with van der Waals surface area (Å²) in [6.45, 7) is 4.58. The Kier molecular flexibility index (Phi) is 9.37. The number of fused-ring (bicyclic) bond motifs is 1. The van der Waals surface area contributed by atoms with Crippen molar-refractivity contribution in [1.82, 2.24) is 10.2 Å². The highest BCUT2D eigenvalue weighted by molar-refractivity contribution is 8.00. The summed E-state index contributed by atoms with van der Waals surface area (Å²) in [5.74, 6) is -0.0278. The van der Waals surface area contributed by atoms with Crippen molar-refractivity contribution in [3.8, 4) is 11.5 Å². The lowest BCUT2D eigenvalue weighted by Gasteiger charge is -2.23. The van der Waals surface area contributed by atoms with E-state index < -0.39 is 17.7 Å². The maximum Gasteiger partial charge on any atom is 0.301 e. The molecule has 1 saturated heterocycles. The van der Waals surface area contributed by atoms with Crippen molar-refractivity contribution in [2.24, 2.45) is 0 Å². The zero-order valence-electron chi connectivity index (χ0n) is 24.5. The number of thioether (sulfide) groups is 1. The Hall–Kier alpha value is -3.57. The van der Waals surface area contributed by atoms with Crippen LogP contribution in [0.4, 0.5) is 5.13 Å². The largest absolute Gasteiger partial charge is 0.507 e. The summed E-state index contributed by atoms with van der Waals surface area (Å²) in [7, 11) is 0. The van der Waals surface area contributed by atoms with Crippen LogP contribution in [-0.4, -0.2) is 39.7 Å². The number of benzene rings is 3. The summed E-state index contributed by atoms with van der Waals surface area (Å²) < 4.78 is 12.3. The molecule has 0 aliphatic carbocycles. The molecule has 1 amide bonds. The maximum absolute atomic E-state index is 13.7. The fourth-order valence-corrected chi connectivity index (χ4v) is 7.74. The second-order valence-corrected chi connectivity index (χ2v) is 13.8. The molecular weight excluding hydrogens is 653 g/mol. The van der Waals surface area contributed by atoms with Crippen molar-refractivity contribution >= 4 is 68.9 Å². The van der Waals surface area contributed by atoms with Crippen LogP contribution in [0.3, 0.4) is 0 Å². The van der Waals surface area contributed by atoms with Gasteiger partial charge in [-0.2, -0.15) is 0 Å². The number of aliphatic hydroxyl groups excluding tert-OH is 1. The third-order valence-corrected chi connectivity index (χ3v) is 10.2. The van der Waals surface area contributed by atoms with E-state index in [1.165, 1.54) is 28.0 Å². The molecule has 6 rings (SSSR count). The number of hydrogen-bond donors (Lipinski definition) is 1. The van der Waals surface area contributed by atoms with E-state index >= 15 is 0 Å². The van der Waals surface area contributed by atoms with Crippen LogP contribution in [0.25, 0.3) is 5.76 Å². The zero-order chi connectivity index (χ0) is 31.7. The van der Waals surface area contributed by atoms with E-state index in [1.54, 1.807) is 36.4 Å². The highest BCUT2D eigenvalue weighted by Crippen LogP contribution is 2.45. The first-order chi connectivity index (χ1) is 21.7. The van der Waals surface area contributed by atoms with Gasteiger partial charge in [0.1, 0.15) is 23.4 Å². The van der Waals surface area contributed by atoms with Crippen LogP contribution >= 0.6 is 46.3 Å². The van der Waals surface area contributed by atoms with Crippen molar-refractivity contribution in [2.75, 3.05) is 11.5 Å². The summed E-state index contributed by atoms with van der Waals surface area (Å²) in [5.41, 5.74) is 2.79. The van der Waals surface area contributed by atoms with Gasteiger partial charge in [-0.3, -0.25) is 14.5 Å². The van der Waals surface area contributed by atoms with Crippen molar-refractivity contribution in [2.45, 2.75) is 55.3 Å². The average molecular weight is 683 g/mol. The first kappa shape index (κ1) is 31.4. The number of Topliss-reactive ketones (excluding diaryl/α,β-unsaturated/α-hetero) is 1. The molecule has 1 fully saturated rings. The van der Waals surface area contributed by atoms with Gasteiger partial charge in [-0.15, -0.1) is 10.2 Å². The Morgan fingerprint density at radius 2 is 1.98 bits per heavy atom. The smallest absolute Gasteiger partial charge is 0.301 e. The molecule has 3 heterocycles. The molecule has 232 valence electrons. The van der Waals surface area contributed by atoms with Gasteiger partial charge < -0.3 is 14.6 Å². The van der Waals surface area contributed by atoms with Gasteiger partial charge in [0, 0.05) is 27.8 Å². The third kappa shape index (κ3) is 6.56. The second kappa shape index (κ2) is 13.4. The number of amides is 1. The highest BCUT2D eigenvalue weighted by Gasteiger charge is 2.48. The number of ketones is 1. The fourth-order valence-electron chi connectivity index (χ4n) is 5.32. The molecule has 4 aromatic rings. The minimum atomic E-state index is -0.959.